The Morgan fingerprint density at radius 1 is 1.47 bits per heavy atom. The van der Waals surface area contributed by atoms with Crippen molar-refractivity contribution in [1.82, 2.24) is 0 Å². The second kappa shape index (κ2) is 5.09. The predicted molar refractivity (Wildman–Crippen MR) is 58.0 cm³/mol. The zero-order valence-electron chi connectivity index (χ0n) is 8.83. The lowest BCUT2D eigenvalue weighted by Gasteiger charge is -2.14. The lowest BCUT2D eigenvalue weighted by molar-refractivity contribution is 0.450. The molecular formula is C11H17FN2O. The van der Waals surface area contributed by atoms with Crippen molar-refractivity contribution in [1.29, 1.82) is 0 Å². The van der Waals surface area contributed by atoms with E-state index in [1.165, 1.54) is 12.1 Å². The van der Waals surface area contributed by atoms with E-state index in [2.05, 4.69) is 0 Å². The summed E-state index contributed by atoms with van der Waals surface area (Å²) in [5, 5.41) is 9.71. The van der Waals surface area contributed by atoms with Crippen LogP contribution in [0.2, 0.25) is 0 Å². The van der Waals surface area contributed by atoms with Crippen LogP contribution in [0.4, 0.5) is 4.39 Å². The van der Waals surface area contributed by atoms with Crippen molar-refractivity contribution < 1.29 is 9.50 Å². The maximum Gasteiger partial charge on any atom is 0.124 e. The third-order valence-corrected chi connectivity index (χ3v) is 2.41. The molecule has 1 rings (SSSR count). The number of benzene rings is 1. The van der Waals surface area contributed by atoms with Crippen molar-refractivity contribution >= 4 is 0 Å². The van der Waals surface area contributed by atoms with E-state index in [9.17, 15) is 9.50 Å². The monoisotopic (exact) mass is 212 g/mol. The standard InChI is InChI=1S/C11H17FN2O/c1-7-5-8(12)6-9(11(7)15)10(14)3-2-4-13/h5-6,10,15H,2-4,13-14H2,1H3/t10-/m1/s1. The molecule has 5 N–H and O–H groups in total. The fourth-order valence-corrected chi connectivity index (χ4v) is 1.54. The van der Waals surface area contributed by atoms with Crippen LogP contribution in [0.25, 0.3) is 0 Å². The van der Waals surface area contributed by atoms with Crippen LogP contribution in [0, 0.1) is 12.7 Å². The molecule has 0 saturated heterocycles. The second-order valence-electron chi connectivity index (χ2n) is 3.70. The van der Waals surface area contributed by atoms with E-state index in [-0.39, 0.29) is 17.6 Å². The Hall–Kier alpha value is -1.13. The SMILES string of the molecule is Cc1cc(F)cc([C@H](N)CCCN)c1O. The summed E-state index contributed by atoms with van der Waals surface area (Å²) in [6, 6.07) is 2.21. The molecule has 0 unspecified atom stereocenters. The van der Waals surface area contributed by atoms with Gasteiger partial charge in [-0.2, -0.15) is 0 Å². The first-order valence-corrected chi connectivity index (χ1v) is 5.01. The third-order valence-electron chi connectivity index (χ3n) is 2.41. The summed E-state index contributed by atoms with van der Waals surface area (Å²) in [7, 11) is 0. The molecular weight excluding hydrogens is 195 g/mol. The van der Waals surface area contributed by atoms with Crippen molar-refractivity contribution in [2.75, 3.05) is 6.54 Å². The number of phenols is 1. The van der Waals surface area contributed by atoms with E-state index < -0.39 is 0 Å². The molecule has 0 aromatic heterocycles. The van der Waals surface area contributed by atoms with Crippen LogP contribution in [0.15, 0.2) is 12.1 Å². The van der Waals surface area contributed by atoms with E-state index in [0.717, 1.165) is 6.42 Å². The Morgan fingerprint density at radius 2 is 2.13 bits per heavy atom. The largest absolute Gasteiger partial charge is 0.507 e. The fourth-order valence-electron chi connectivity index (χ4n) is 1.54. The maximum atomic E-state index is 13.1. The zero-order valence-corrected chi connectivity index (χ0v) is 8.83. The molecule has 0 heterocycles. The smallest absolute Gasteiger partial charge is 0.124 e. The van der Waals surface area contributed by atoms with Gasteiger partial charge in [0.2, 0.25) is 0 Å². The van der Waals surface area contributed by atoms with Gasteiger partial charge in [0, 0.05) is 11.6 Å². The third kappa shape index (κ3) is 2.91. The van der Waals surface area contributed by atoms with Crippen molar-refractivity contribution in [3.63, 3.8) is 0 Å². The average Bonchev–Trinajstić information content (AvgIpc) is 2.19. The molecule has 4 heteroatoms. The van der Waals surface area contributed by atoms with Crippen LogP contribution < -0.4 is 11.5 Å². The van der Waals surface area contributed by atoms with Gasteiger partial charge in [-0.05, 0) is 44.0 Å². The number of aromatic hydroxyl groups is 1. The highest BCUT2D eigenvalue weighted by atomic mass is 19.1. The Bertz CT molecular complexity index is 342. The molecule has 0 radical (unpaired) electrons. The van der Waals surface area contributed by atoms with Gasteiger partial charge in [-0.25, -0.2) is 4.39 Å². The van der Waals surface area contributed by atoms with Crippen molar-refractivity contribution in [3.8, 4) is 5.75 Å². The summed E-state index contributed by atoms with van der Waals surface area (Å²) in [5.74, 6) is -0.288. The summed E-state index contributed by atoms with van der Waals surface area (Å²) < 4.78 is 13.1. The Balaban J connectivity index is 2.92. The van der Waals surface area contributed by atoms with Gasteiger partial charge in [0.15, 0.2) is 0 Å². The highest BCUT2D eigenvalue weighted by molar-refractivity contribution is 5.41. The van der Waals surface area contributed by atoms with Gasteiger partial charge in [0.25, 0.3) is 0 Å². The minimum atomic E-state index is -0.372. The van der Waals surface area contributed by atoms with E-state index in [4.69, 9.17) is 11.5 Å². The average molecular weight is 212 g/mol. The summed E-state index contributed by atoms with van der Waals surface area (Å²) in [6.07, 6.45) is 1.41. The molecule has 0 aliphatic carbocycles. The minimum absolute atomic E-state index is 0.0842. The number of hydrogen-bond acceptors (Lipinski definition) is 3. The molecule has 0 aliphatic rings. The molecule has 1 aromatic carbocycles. The topological polar surface area (TPSA) is 72.3 Å². The maximum absolute atomic E-state index is 13.1. The number of aryl methyl sites for hydroxylation is 1. The number of nitrogens with two attached hydrogens (primary N) is 2. The van der Waals surface area contributed by atoms with Gasteiger partial charge >= 0.3 is 0 Å². The molecule has 0 saturated carbocycles. The van der Waals surface area contributed by atoms with Gasteiger partial charge in [-0.1, -0.05) is 0 Å². The summed E-state index contributed by atoms with van der Waals surface area (Å²) in [4.78, 5) is 0. The van der Waals surface area contributed by atoms with Gasteiger partial charge < -0.3 is 16.6 Å². The molecule has 0 spiro atoms. The Morgan fingerprint density at radius 3 is 2.73 bits per heavy atom. The van der Waals surface area contributed by atoms with E-state index >= 15 is 0 Å². The number of phenolic OH excluding ortho intramolecular Hbond substituents is 1. The van der Waals surface area contributed by atoms with E-state index in [1.807, 2.05) is 0 Å². The first kappa shape index (κ1) is 11.9. The summed E-state index contributed by atoms with van der Waals surface area (Å²) >= 11 is 0. The van der Waals surface area contributed by atoms with Gasteiger partial charge in [0.1, 0.15) is 11.6 Å². The van der Waals surface area contributed by atoms with Crippen LogP contribution in [0.1, 0.15) is 30.0 Å². The molecule has 1 aromatic rings. The predicted octanol–water partition coefficient (Wildman–Crippen LogP) is 1.58. The number of rotatable bonds is 4. The van der Waals surface area contributed by atoms with Gasteiger partial charge in [0.05, 0.1) is 0 Å². The van der Waals surface area contributed by atoms with Crippen LogP contribution in [0.5, 0.6) is 5.75 Å². The van der Waals surface area contributed by atoms with Crippen LogP contribution >= 0.6 is 0 Å². The molecule has 0 aliphatic heterocycles. The first-order chi connectivity index (χ1) is 7.06. The normalized spacial score (nSPS) is 12.8. The molecule has 1 atom stereocenters. The molecule has 0 amide bonds. The van der Waals surface area contributed by atoms with Crippen LogP contribution in [0.3, 0.4) is 0 Å². The Kier molecular flexibility index (Phi) is 4.05. The Labute approximate surface area is 88.9 Å². The highest BCUT2D eigenvalue weighted by Crippen LogP contribution is 2.29. The van der Waals surface area contributed by atoms with Gasteiger partial charge in [-0.15, -0.1) is 0 Å². The highest BCUT2D eigenvalue weighted by Gasteiger charge is 2.13. The number of halogens is 1. The van der Waals surface area contributed by atoms with Gasteiger partial charge in [-0.3, -0.25) is 0 Å². The van der Waals surface area contributed by atoms with Crippen molar-refractivity contribution in [2.24, 2.45) is 11.5 Å². The fraction of sp³-hybridized carbons (Fsp3) is 0.455. The van der Waals surface area contributed by atoms with Crippen LogP contribution in [-0.4, -0.2) is 11.7 Å². The molecule has 0 bridgehead atoms. The van der Waals surface area contributed by atoms with E-state index in [1.54, 1.807) is 6.92 Å². The molecule has 15 heavy (non-hydrogen) atoms. The number of hydrogen-bond donors (Lipinski definition) is 3. The molecule has 0 fully saturated rings. The van der Waals surface area contributed by atoms with Crippen molar-refractivity contribution in [3.05, 3.63) is 29.1 Å². The van der Waals surface area contributed by atoms with E-state index in [0.29, 0.717) is 24.1 Å². The minimum Gasteiger partial charge on any atom is -0.507 e. The molecule has 3 nitrogen and oxygen atoms in total. The zero-order chi connectivity index (χ0) is 11.4. The second-order valence-corrected chi connectivity index (χ2v) is 3.70. The lowest BCUT2D eigenvalue weighted by atomic mass is 9.99. The summed E-state index contributed by atoms with van der Waals surface area (Å²) in [5.41, 5.74) is 12.2. The first-order valence-electron chi connectivity index (χ1n) is 5.01. The summed E-state index contributed by atoms with van der Waals surface area (Å²) in [6.45, 7) is 2.19. The van der Waals surface area contributed by atoms with Crippen molar-refractivity contribution in [2.45, 2.75) is 25.8 Å². The van der Waals surface area contributed by atoms with Crippen LogP contribution in [-0.2, 0) is 0 Å². The quantitative estimate of drug-likeness (QED) is 0.709. The lowest BCUT2D eigenvalue weighted by Crippen LogP contribution is -2.13. The molecule has 84 valence electrons.